The summed E-state index contributed by atoms with van der Waals surface area (Å²) in [6.45, 7) is 0. The summed E-state index contributed by atoms with van der Waals surface area (Å²) >= 11 is 1.56. The van der Waals surface area contributed by atoms with E-state index in [-0.39, 0.29) is 5.82 Å². The lowest BCUT2D eigenvalue weighted by molar-refractivity contribution is 0.414. The highest BCUT2D eigenvalue weighted by molar-refractivity contribution is 7.99. The molecule has 2 aromatic rings. The number of ether oxygens (including phenoxy) is 1. The van der Waals surface area contributed by atoms with E-state index in [0.717, 1.165) is 26.9 Å². The van der Waals surface area contributed by atoms with Crippen LogP contribution < -0.4 is 10.1 Å². The molecule has 0 aromatic heterocycles. The highest BCUT2D eigenvalue weighted by atomic mass is 32.2. The van der Waals surface area contributed by atoms with Crippen molar-refractivity contribution in [2.75, 3.05) is 12.4 Å². The minimum Gasteiger partial charge on any atom is -0.497 e. The van der Waals surface area contributed by atoms with Gasteiger partial charge in [0.1, 0.15) is 11.6 Å². The first-order chi connectivity index (χ1) is 8.26. The fourth-order valence-corrected chi connectivity index (χ4v) is 2.76. The van der Waals surface area contributed by atoms with Crippen LogP contribution in [-0.4, -0.2) is 7.11 Å². The number of benzene rings is 2. The van der Waals surface area contributed by atoms with Gasteiger partial charge in [0, 0.05) is 15.9 Å². The molecule has 0 fully saturated rings. The zero-order chi connectivity index (χ0) is 11.8. The van der Waals surface area contributed by atoms with Gasteiger partial charge in [-0.3, -0.25) is 0 Å². The van der Waals surface area contributed by atoms with Crippen molar-refractivity contribution >= 4 is 23.1 Å². The number of hydrogen-bond acceptors (Lipinski definition) is 3. The third-order valence-electron chi connectivity index (χ3n) is 2.62. The summed E-state index contributed by atoms with van der Waals surface area (Å²) in [5, 5.41) is 3.27. The molecule has 0 saturated carbocycles. The Bertz CT molecular complexity index is 586. The van der Waals surface area contributed by atoms with Crippen molar-refractivity contribution in [2.24, 2.45) is 0 Å². The minimum atomic E-state index is -0.213. The van der Waals surface area contributed by atoms with Crippen LogP contribution in [0.1, 0.15) is 0 Å². The summed E-state index contributed by atoms with van der Waals surface area (Å²) < 4.78 is 18.3. The maximum atomic E-state index is 13.1. The number of nitrogens with one attached hydrogen (secondary N) is 1. The molecule has 0 saturated heterocycles. The zero-order valence-electron chi connectivity index (χ0n) is 9.16. The fourth-order valence-electron chi connectivity index (χ4n) is 1.77. The second-order valence-electron chi connectivity index (χ2n) is 3.73. The van der Waals surface area contributed by atoms with Crippen LogP contribution in [0.15, 0.2) is 46.2 Å². The van der Waals surface area contributed by atoms with Crippen LogP contribution in [-0.2, 0) is 0 Å². The fraction of sp³-hybridized carbons (Fsp3) is 0.0769. The van der Waals surface area contributed by atoms with Gasteiger partial charge < -0.3 is 10.1 Å². The Balaban J connectivity index is 2.04. The molecule has 0 aliphatic carbocycles. The average Bonchev–Trinajstić information content (AvgIpc) is 2.35. The maximum absolute atomic E-state index is 13.1. The number of methoxy groups -OCH3 is 1. The molecule has 1 heterocycles. The number of rotatable bonds is 1. The highest BCUT2D eigenvalue weighted by Gasteiger charge is 2.16. The molecule has 1 aliphatic heterocycles. The minimum absolute atomic E-state index is 0.213. The molecule has 0 amide bonds. The summed E-state index contributed by atoms with van der Waals surface area (Å²) in [7, 11) is 1.64. The Hall–Kier alpha value is -1.68. The third kappa shape index (κ3) is 1.85. The van der Waals surface area contributed by atoms with E-state index in [1.807, 2.05) is 18.2 Å². The summed E-state index contributed by atoms with van der Waals surface area (Å²) in [6.07, 6.45) is 0. The number of hydrogen-bond donors (Lipinski definition) is 1. The first-order valence-corrected chi connectivity index (χ1v) is 6.00. The van der Waals surface area contributed by atoms with Gasteiger partial charge in [0.05, 0.1) is 18.5 Å². The zero-order valence-corrected chi connectivity index (χ0v) is 9.98. The Morgan fingerprint density at radius 1 is 1.06 bits per heavy atom. The molecule has 0 spiro atoms. The van der Waals surface area contributed by atoms with E-state index in [1.165, 1.54) is 6.07 Å². The molecule has 1 aliphatic rings. The molecule has 0 radical (unpaired) electrons. The summed E-state index contributed by atoms with van der Waals surface area (Å²) in [6, 6.07) is 10.6. The van der Waals surface area contributed by atoms with E-state index < -0.39 is 0 Å². The number of fused-ring (bicyclic) bond motifs is 2. The smallest absolute Gasteiger partial charge is 0.124 e. The van der Waals surface area contributed by atoms with E-state index in [4.69, 9.17) is 4.74 Å². The lowest BCUT2D eigenvalue weighted by Crippen LogP contribution is -2.00. The van der Waals surface area contributed by atoms with Gasteiger partial charge in [0.2, 0.25) is 0 Å². The van der Waals surface area contributed by atoms with Crippen LogP contribution in [0.25, 0.3) is 0 Å². The molecule has 3 rings (SSSR count). The molecule has 86 valence electrons. The van der Waals surface area contributed by atoms with Gasteiger partial charge in [0.15, 0.2) is 0 Å². The SMILES string of the molecule is COc1ccc2c(c1)Nc1ccc(F)cc1S2. The van der Waals surface area contributed by atoms with Crippen LogP contribution in [0.3, 0.4) is 0 Å². The van der Waals surface area contributed by atoms with Crippen molar-refractivity contribution < 1.29 is 9.13 Å². The van der Waals surface area contributed by atoms with Gasteiger partial charge in [0.25, 0.3) is 0 Å². The van der Waals surface area contributed by atoms with Crippen molar-refractivity contribution in [3.05, 3.63) is 42.2 Å². The van der Waals surface area contributed by atoms with Crippen LogP contribution in [0.4, 0.5) is 15.8 Å². The van der Waals surface area contributed by atoms with Crippen LogP contribution in [0, 0.1) is 5.82 Å². The third-order valence-corrected chi connectivity index (χ3v) is 3.75. The van der Waals surface area contributed by atoms with Crippen molar-refractivity contribution in [3.8, 4) is 5.75 Å². The van der Waals surface area contributed by atoms with Gasteiger partial charge >= 0.3 is 0 Å². The van der Waals surface area contributed by atoms with E-state index in [2.05, 4.69) is 5.32 Å². The second kappa shape index (κ2) is 3.96. The summed E-state index contributed by atoms with van der Waals surface area (Å²) in [4.78, 5) is 1.98. The van der Waals surface area contributed by atoms with Gasteiger partial charge in [-0.05, 0) is 30.3 Å². The van der Waals surface area contributed by atoms with Crippen LogP contribution in [0.5, 0.6) is 5.75 Å². The van der Waals surface area contributed by atoms with E-state index in [1.54, 1.807) is 31.0 Å². The maximum Gasteiger partial charge on any atom is 0.124 e. The molecule has 0 unspecified atom stereocenters. The lowest BCUT2D eigenvalue weighted by atomic mass is 10.2. The first-order valence-electron chi connectivity index (χ1n) is 5.19. The van der Waals surface area contributed by atoms with Crippen molar-refractivity contribution in [3.63, 3.8) is 0 Å². The molecule has 4 heteroatoms. The monoisotopic (exact) mass is 247 g/mol. The normalized spacial score (nSPS) is 12.4. The second-order valence-corrected chi connectivity index (χ2v) is 4.81. The molecule has 0 bridgehead atoms. The van der Waals surface area contributed by atoms with Gasteiger partial charge in [-0.25, -0.2) is 4.39 Å². The van der Waals surface area contributed by atoms with Gasteiger partial charge in [-0.15, -0.1) is 0 Å². The molecule has 1 N–H and O–H groups in total. The quantitative estimate of drug-likeness (QED) is 0.701. The summed E-state index contributed by atoms with van der Waals surface area (Å²) in [5.41, 5.74) is 1.92. The van der Waals surface area contributed by atoms with E-state index in [0.29, 0.717) is 0 Å². The molecular formula is C13H10FNOS. The number of halogens is 1. The van der Waals surface area contributed by atoms with Crippen LogP contribution in [0.2, 0.25) is 0 Å². The predicted molar refractivity (Wildman–Crippen MR) is 66.8 cm³/mol. The van der Waals surface area contributed by atoms with Gasteiger partial charge in [-0.1, -0.05) is 11.8 Å². The van der Waals surface area contributed by atoms with Crippen molar-refractivity contribution in [2.45, 2.75) is 9.79 Å². The Morgan fingerprint density at radius 2 is 1.94 bits per heavy atom. The van der Waals surface area contributed by atoms with Gasteiger partial charge in [-0.2, -0.15) is 0 Å². The standard InChI is InChI=1S/C13H10FNOS/c1-16-9-3-5-12-11(7-9)15-10-4-2-8(14)6-13(10)17-12/h2-7,15H,1H3. The number of anilines is 2. The first kappa shape index (κ1) is 10.5. The lowest BCUT2D eigenvalue weighted by Gasteiger charge is -2.21. The van der Waals surface area contributed by atoms with Crippen molar-refractivity contribution in [1.82, 2.24) is 0 Å². The Labute approximate surface area is 103 Å². The highest BCUT2D eigenvalue weighted by Crippen LogP contribution is 2.45. The predicted octanol–water partition coefficient (Wildman–Crippen LogP) is 4.04. The Morgan fingerprint density at radius 3 is 2.76 bits per heavy atom. The van der Waals surface area contributed by atoms with Crippen molar-refractivity contribution in [1.29, 1.82) is 0 Å². The Kier molecular flexibility index (Phi) is 2.44. The molecule has 2 nitrogen and oxygen atoms in total. The molecular weight excluding hydrogens is 237 g/mol. The molecule has 17 heavy (non-hydrogen) atoms. The average molecular weight is 247 g/mol. The topological polar surface area (TPSA) is 21.3 Å². The molecule has 2 aromatic carbocycles. The van der Waals surface area contributed by atoms with E-state index >= 15 is 0 Å². The summed E-state index contributed by atoms with van der Waals surface area (Å²) in [5.74, 6) is 0.595. The van der Waals surface area contributed by atoms with Crippen LogP contribution >= 0.6 is 11.8 Å². The molecule has 0 atom stereocenters. The largest absolute Gasteiger partial charge is 0.497 e. The van der Waals surface area contributed by atoms with E-state index in [9.17, 15) is 4.39 Å².